The van der Waals surface area contributed by atoms with Crippen molar-refractivity contribution in [1.29, 1.82) is 0 Å². The minimum atomic E-state index is 0.0900. The fourth-order valence-electron chi connectivity index (χ4n) is 2.07. The number of carbonyl (C=O) groups excluding carboxylic acids is 1. The SMILES string of the molecule is CCCCSC(C)C(=O)N1CCC(CO)CC1. The highest BCUT2D eigenvalue weighted by atomic mass is 32.2. The molecule has 0 aliphatic carbocycles. The molecule has 1 N–H and O–H groups in total. The molecule has 100 valence electrons. The normalized spacial score (nSPS) is 19.4. The topological polar surface area (TPSA) is 40.5 Å². The maximum Gasteiger partial charge on any atom is 0.235 e. The number of piperidine rings is 1. The van der Waals surface area contributed by atoms with Crippen molar-refractivity contribution in [3.63, 3.8) is 0 Å². The van der Waals surface area contributed by atoms with Crippen LogP contribution in [0.3, 0.4) is 0 Å². The largest absolute Gasteiger partial charge is 0.396 e. The molecule has 0 aromatic rings. The third-order valence-electron chi connectivity index (χ3n) is 3.40. The molecule has 0 aromatic heterocycles. The number of aliphatic hydroxyl groups is 1. The second-order valence-corrected chi connectivity index (χ2v) is 6.27. The van der Waals surface area contributed by atoms with Crippen molar-refractivity contribution in [2.75, 3.05) is 25.4 Å². The van der Waals surface area contributed by atoms with Crippen LogP contribution in [-0.4, -0.2) is 46.6 Å². The molecule has 1 fully saturated rings. The van der Waals surface area contributed by atoms with Crippen molar-refractivity contribution in [3.05, 3.63) is 0 Å². The molecule has 3 nitrogen and oxygen atoms in total. The molecular formula is C13H25NO2S. The van der Waals surface area contributed by atoms with Crippen LogP contribution in [0.15, 0.2) is 0 Å². The Morgan fingerprint density at radius 2 is 2.12 bits per heavy atom. The van der Waals surface area contributed by atoms with E-state index in [1.54, 1.807) is 11.8 Å². The molecule has 1 atom stereocenters. The summed E-state index contributed by atoms with van der Waals surface area (Å²) in [5.74, 6) is 1.76. The van der Waals surface area contributed by atoms with Crippen LogP contribution in [0.5, 0.6) is 0 Å². The van der Waals surface area contributed by atoms with Gasteiger partial charge in [0, 0.05) is 19.7 Å². The smallest absolute Gasteiger partial charge is 0.235 e. The summed E-state index contributed by atoms with van der Waals surface area (Å²) in [7, 11) is 0. The second-order valence-electron chi connectivity index (χ2n) is 4.82. The summed E-state index contributed by atoms with van der Waals surface area (Å²) in [5.41, 5.74) is 0. The van der Waals surface area contributed by atoms with Crippen LogP contribution in [-0.2, 0) is 4.79 Å². The first-order valence-electron chi connectivity index (χ1n) is 6.70. The number of likely N-dealkylation sites (tertiary alicyclic amines) is 1. The number of nitrogens with zero attached hydrogens (tertiary/aromatic N) is 1. The average molecular weight is 259 g/mol. The summed E-state index contributed by atoms with van der Waals surface area (Å²) < 4.78 is 0. The highest BCUT2D eigenvalue weighted by Crippen LogP contribution is 2.21. The zero-order valence-electron chi connectivity index (χ0n) is 11.0. The maximum atomic E-state index is 12.1. The Morgan fingerprint density at radius 3 is 2.65 bits per heavy atom. The molecule has 1 rings (SSSR count). The first-order valence-corrected chi connectivity index (χ1v) is 7.75. The number of amides is 1. The third kappa shape index (κ3) is 4.88. The third-order valence-corrected chi connectivity index (χ3v) is 4.62. The molecule has 1 unspecified atom stereocenters. The molecule has 1 saturated heterocycles. The van der Waals surface area contributed by atoms with Crippen LogP contribution < -0.4 is 0 Å². The fraction of sp³-hybridized carbons (Fsp3) is 0.923. The van der Waals surface area contributed by atoms with Crippen LogP contribution >= 0.6 is 11.8 Å². The first-order chi connectivity index (χ1) is 8.19. The Morgan fingerprint density at radius 1 is 1.47 bits per heavy atom. The molecule has 1 aliphatic heterocycles. The van der Waals surface area contributed by atoms with Gasteiger partial charge in [0.2, 0.25) is 5.91 Å². The standard InChI is InChI=1S/C13H25NO2S/c1-3-4-9-17-11(2)13(16)14-7-5-12(10-15)6-8-14/h11-12,15H,3-10H2,1-2H3. The zero-order valence-corrected chi connectivity index (χ0v) is 11.8. The summed E-state index contributed by atoms with van der Waals surface area (Å²) >= 11 is 1.77. The van der Waals surface area contributed by atoms with Crippen molar-refractivity contribution in [1.82, 2.24) is 4.90 Å². The van der Waals surface area contributed by atoms with Gasteiger partial charge >= 0.3 is 0 Å². The summed E-state index contributed by atoms with van der Waals surface area (Å²) in [6.07, 6.45) is 4.29. The lowest BCUT2D eigenvalue weighted by atomic mass is 9.98. The minimum Gasteiger partial charge on any atom is -0.396 e. The Labute approximate surface area is 109 Å². The molecule has 4 heteroatoms. The van der Waals surface area contributed by atoms with E-state index in [0.29, 0.717) is 5.92 Å². The van der Waals surface area contributed by atoms with Gasteiger partial charge in [-0.1, -0.05) is 13.3 Å². The van der Waals surface area contributed by atoms with Crippen LogP contribution in [0.25, 0.3) is 0 Å². The van der Waals surface area contributed by atoms with E-state index in [-0.39, 0.29) is 17.8 Å². The van der Waals surface area contributed by atoms with Gasteiger partial charge in [0.25, 0.3) is 0 Å². The van der Waals surface area contributed by atoms with E-state index in [2.05, 4.69) is 6.92 Å². The van der Waals surface area contributed by atoms with Gasteiger partial charge in [-0.15, -0.1) is 11.8 Å². The summed E-state index contributed by atoms with van der Waals surface area (Å²) in [6, 6.07) is 0. The van der Waals surface area contributed by atoms with Gasteiger partial charge in [-0.2, -0.15) is 0 Å². The van der Waals surface area contributed by atoms with E-state index in [4.69, 9.17) is 5.11 Å². The molecule has 0 bridgehead atoms. The summed E-state index contributed by atoms with van der Waals surface area (Å²) in [5, 5.41) is 9.15. The monoisotopic (exact) mass is 259 g/mol. The first kappa shape index (κ1) is 14.8. The minimum absolute atomic E-state index is 0.0900. The van der Waals surface area contributed by atoms with Crippen LogP contribution in [0.1, 0.15) is 39.5 Å². The number of hydrogen-bond acceptors (Lipinski definition) is 3. The Kier molecular flexibility index (Phi) is 6.97. The van der Waals surface area contributed by atoms with E-state index in [9.17, 15) is 4.79 Å². The molecule has 17 heavy (non-hydrogen) atoms. The lowest BCUT2D eigenvalue weighted by molar-refractivity contribution is -0.131. The highest BCUT2D eigenvalue weighted by Gasteiger charge is 2.25. The van der Waals surface area contributed by atoms with Crippen molar-refractivity contribution >= 4 is 17.7 Å². The van der Waals surface area contributed by atoms with Gasteiger partial charge in [-0.25, -0.2) is 0 Å². The van der Waals surface area contributed by atoms with E-state index in [1.807, 2.05) is 11.8 Å². The molecule has 1 amide bonds. The van der Waals surface area contributed by atoms with Gasteiger partial charge in [0.15, 0.2) is 0 Å². The number of hydrogen-bond donors (Lipinski definition) is 1. The Bertz CT molecular complexity index is 227. The molecule has 1 aliphatic rings. The lowest BCUT2D eigenvalue weighted by Gasteiger charge is -2.32. The summed E-state index contributed by atoms with van der Waals surface area (Å²) in [4.78, 5) is 14.1. The van der Waals surface area contributed by atoms with Gasteiger partial charge in [0.1, 0.15) is 0 Å². The molecule has 0 aromatic carbocycles. The van der Waals surface area contributed by atoms with E-state index < -0.39 is 0 Å². The Balaban J connectivity index is 2.27. The van der Waals surface area contributed by atoms with Crippen molar-refractivity contribution in [2.24, 2.45) is 5.92 Å². The highest BCUT2D eigenvalue weighted by molar-refractivity contribution is 8.00. The number of carbonyl (C=O) groups is 1. The second kappa shape index (κ2) is 7.98. The van der Waals surface area contributed by atoms with Gasteiger partial charge in [-0.05, 0) is 37.9 Å². The number of aliphatic hydroxyl groups excluding tert-OH is 1. The van der Waals surface area contributed by atoms with E-state index in [1.165, 1.54) is 12.8 Å². The van der Waals surface area contributed by atoms with Crippen LogP contribution in [0, 0.1) is 5.92 Å². The van der Waals surface area contributed by atoms with E-state index >= 15 is 0 Å². The molecule has 0 spiro atoms. The van der Waals surface area contributed by atoms with Gasteiger partial charge in [0.05, 0.1) is 5.25 Å². The molecule has 0 saturated carbocycles. The predicted octanol–water partition coefficient (Wildman–Crippen LogP) is 2.14. The summed E-state index contributed by atoms with van der Waals surface area (Å²) in [6.45, 7) is 6.10. The molecule has 1 heterocycles. The maximum absolute atomic E-state index is 12.1. The molecule has 0 radical (unpaired) electrons. The van der Waals surface area contributed by atoms with Crippen molar-refractivity contribution in [3.8, 4) is 0 Å². The van der Waals surface area contributed by atoms with Crippen LogP contribution in [0.4, 0.5) is 0 Å². The number of thioether (sulfide) groups is 1. The zero-order chi connectivity index (χ0) is 12.7. The predicted molar refractivity (Wildman–Crippen MR) is 73.2 cm³/mol. The number of unbranched alkanes of at least 4 members (excludes halogenated alkanes) is 1. The van der Waals surface area contributed by atoms with Gasteiger partial charge in [-0.3, -0.25) is 4.79 Å². The van der Waals surface area contributed by atoms with E-state index in [0.717, 1.165) is 31.7 Å². The fourth-order valence-corrected chi connectivity index (χ4v) is 3.17. The quantitative estimate of drug-likeness (QED) is 0.743. The van der Waals surface area contributed by atoms with Gasteiger partial charge < -0.3 is 10.0 Å². The average Bonchev–Trinajstić information content (AvgIpc) is 2.38. The van der Waals surface area contributed by atoms with Crippen molar-refractivity contribution < 1.29 is 9.90 Å². The van der Waals surface area contributed by atoms with Crippen LogP contribution in [0.2, 0.25) is 0 Å². The number of rotatable bonds is 6. The van der Waals surface area contributed by atoms with Crippen molar-refractivity contribution in [2.45, 2.75) is 44.8 Å². The lowest BCUT2D eigenvalue weighted by Crippen LogP contribution is -2.42. The Hall–Kier alpha value is -0.220. The molecular weight excluding hydrogens is 234 g/mol.